The van der Waals surface area contributed by atoms with Crippen molar-refractivity contribution < 1.29 is 27.8 Å². The summed E-state index contributed by atoms with van der Waals surface area (Å²) in [6.07, 6.45) is 0. The highest BCUT2D eigenvalue weighted by atomic mass is 16.6. The average Bonchev–Trinajstić information content (AvgIpc) is 3.40. The summed E-state index contributed by atoms with van der Waals surface area (Å²) in [7, 11) is 1.56. The predicted octanol–water partition coefficient (Wildman–Crippen LogP) is 3.51. The van der Waals surface area contributed by atoms with Gasteiger partial charge in [0.1, 0.15) is 13.2 Å². The van der Waals surface area contributed by atoms with E-state index in [1.54, 1.807) is 37.4 Å². The molecule has 1 aliphatic heterocycles. The molecule has 0 radical (unpaired) electrons. The van der Waals surface area contributed by atoms with Gasteiger partial charge in [0.15, 0.2) is 28.6 Å². The number of aromatic nitrogens is 2. The van der Waals surface area contributed by atoms with Crippen LogP contribution in [0.5, 0.6) is 17.2 Å². The van der Waals surface area contributed by atoms with Crippen LogP contribution in [0.3, 0.4) is 0 Å². The summed E-state index contributed by atoms with van der Waals surface area (Å²) in [5, 5.41) is 11.2. The van der Waals surface area contributed by atoms with E-state index in [4.69, 9.17) is 23.0 Å². The van der Waals surface area contributed by atoms with Gasteiger partial charge in [-0.25, -0.2) is 0 Å². The quantitative estimate of drug-likeness (QED) is 0.561. The zero-order chi connectivity index (χ0) is 19.8. The maximum Gasteiger partial charge on any atom is 0.322 e. The van der Waals surface area contributed by atoms with Crippen LogP contribution in [0.15, 0.2) is 51.3 Å². The molecular weight excluding hydrogens is 378 g/mol. The number of ether oxygens (including phenoxy) is 3. The number of anilines is 1. The topological polar surface area (TPSA) is 109 Å². The van der Waals surface area contributed by atoms with E-state index in [1.807, 2.05) is 12.1 Å². The van der Waals surface area contributed by atoms with Crippen LogP contribution in [0.1, 0.15) is 10.4 Å². The average molecular weight is 393 g/mol. The lowest BCUT2D eigenvalue weighted by molar-refractivity contribution is 0.102. The molecule has 5 rings (SSSR count). The first-order valence-corrected chi connectivity index (χ1v) is 8.83. The molecule has 0 atom stereocenters. The fourth-order valence-corrected chi connectivity index (χ4v) is 3.03. The van der Waals surface area contributed by atoms with E-state index in [2.05, 4.69) is 15.5 Å². The van der Waals surface area contributed by atoms with E-state index in [9.17, 15) is 4.79 Å². The second kappa shape index (κ2) is 6.86. The van der Waals surface area contributed by atoms with E-state index in [0.29, 0.717) is 47.4 Å². The Balaban J connectivity index is 1.37. The first kappa shape index (κ1) is 17.1. The number of fused-ring (bicyclic) bond motifs is 2. The Bertz CT molecular complexity index is 1210. The molecule has 0 bridgehead atoms. The van der Waals surface area contributed by atoms with Crippen molar-refractivity contribution in [2.75, 3.05) is 25.6 Å². The Morgan fingerprint density at radius 3 is 2.76 bits per heavy atom. The van der Waals surface area contributed by atoms with Crippen LogP contribution in [0.25, 0.3) is 22.6 Å². The van der Waals surface area contributed by atoms with Crippen molar-refractivity contribution in [2.24, 2.45) is 0 Å². The van der Waals surface area contributed by atoms with Gasteiger partial charge in [0.05, 0.1) is 7.11 Å². The molecule has 0 unspecified atom stereocenters. The number of carbonyl (C=O) groups excluding carboxylic acids is 1. The monoisotopic (exact) mass is 393 g/mol. The molecule has 9 heteroatoms. The summed E-state index contributed by atoms with van der Waals surface area (Å²) >= 11 is 0. The molecule has 0 spiro atoms. The highest BCUT2D eigenvalue weighted by Gasteiger charge is 2.19. The van der Waals surface area contributed by atoms with Crippen LogP contribution in [0.4, 0.5) is 6.01 Å². The van der Waals surface area contributed by atoms with Crippen molar-refractivity contribution in [1.29, 1.82) is 0 Å². The van der Waals surface area contributed by atoms with Gasteiger partial charge in [-0.3, -0.25) is 10.1 Å². The molecule has 0 saturated carbocycles. The third kappa shape index (κ3) is 3.12. The fraction of sp³-hybridized carbons (Fsp3) is 0.150. The standard InChI is InChI=1S/C20H15N3O6/c1-25-14-4-2-3-11-9-16(28-17(11)14)19-22-23-20(29-19)21-18(24)12-5-6-13-15(10-12)27-8-7-26-13/h2-6,9-10H,7-8H2,1H3,(H,21,23,24). The minimum Gasteiger partial charge on any atom is -0.493 e. The van der Waals surface area contributed by atoms with Crippen molar-refractivity contribution in [3.8, 4) is 28.9 Å². The maximum absolute atomic E-state index is 12.5. The highest BCUT2D eigenvalue weighted by molar-refractivity contribution is 6.03. The number of hydrogen-bond donors (Lipinski definition) is 1. The smallest absolute Gasteiger partial charge is 0.322 e. The van der Waals surface area contributed by atoms with Gasteiger partial charge in [-0.1, -0.05) is 17.2 Å². The first-order valence-electron chi connectivity index (χ1n) is 8.83. The van der Waals surface area contributed by atoms with Crippen molar-refractivity contribution in [3.63, 3.8) is 0 Å². The Hall–Kier alpha value is -4.01. The molecule has 1 amide bonds. The lowest BCUT2D eigenvalue weighted by Crippen LogP contribution is -2.17. The molecule has 2 aromatic heterocycles. The number of carbonyl (C=O) groups is 1. The third-order valence-electron chi connectivity index (χ3n) is 4.39. The van der Waals surface area contributed by atoms with E-state index >= 15 is 0 Å². The molecule has 1 N–H and O–H groups in total. The largest absolute Gasteiger partial charge is 0.493 e. The van der Waals surface area contributed by atoms with Crippen LogP contribution in [0.2, 0.25) is 0 Å². The van der Waals surface area contributed by atoms with Crippen LogP contribution >= 0.6 is 0 Å². The number of para-hydroxylation sites is 1. The van der Waals surface area contributed by atoms with Gasteiger partial charge in [0, 0.05) is 10.9 Å². The van der Waals surface area contributed by atoms with Gasteiger partial charge in [-0.05, 0) is 30.3 Å². The van der Waals surface area contributed by atoms with Crippen LogP contribution in [0, 0.1) is 0 Å². The Morgan fingerprint density at radius 1 is 1.03 bits per heavy atom. The summed E-state index contributed by atoms with van der Waals surface area (Å²) < 4.78 is 27.5. The second-order valence-electron chi connectivity index (χ2n) is 6.21. The molecule has 0 aliphatic carbocycles. The second-order valence-corrected chi connectivity index (χ2v) is 6.21. The molecule has 146 valence electrons. The summed E-state index contributed by atoms with van der Waals surface area (Å²) in [5.41, 5.74) is 0.951. The molecular formula is C20H15N3O6. The van der Waals surface area contributed by atoms with Crippen molar-refractivity contribution >= 4 is 22.9 Å². The number of hydrogen-bond acceptors (Lipinski definition) is 8. The van der Waals surface area contributed by atoms with Gasteiger partial charge in [-0.2, -0.15) is 0 Å². The maximum atomic E-state index is 12.5. The molecule has 1 aliphatic rings. The van der Waals surface area contributed by atoms with E-state index < -0.39 is 5.91 Å². The van der Waals surface area contributed by atoms with Gasteiger partial charge < -0.3 is 23.0 Å². The van der Waals surface area contributed by atoms with Crippen molar-refractivity contribution in [1.82, 2.24) is 10.2 Å². The number of benzene rings is 2. The molecule has 0 saturated heterocycles. The molecule has 29 heavy (non-hydrogen) atoms. The van der Waals surface area contributed by atoms with Crippen molar-refractivity contribution in [2.45, 2.75) is 0 Å². The Morgan fingerprint density at radius 2 is 1.90 bits per heavy atom. The van der Waals surface area contributed by atoms with E-state index in [-0.39, 0.29) is 11.9 Å². The number of nitrogens with zero attached hydrogens (tertiary/aromatic N) is 2. The summed E-state index contributed by atoms with van der Waals surface area (Å²) in [6, 6.07) is 12.2. The Kier molecular flexibility index (Phi) is 4.05. The molecule has 2 aromatic carbocycles. The SMILES string of the molecule is COc1cccc2cc(-c3nnc(NC(=O)c4ccc5c(c4)OCCO5)o3)oc12. The summed E-state index contributed by atoms with van der Waals surface area (Å²) in [5.74, 6) is 1.82. The van der Waals surface area contributed by atoms with Crippen molar-refractivity contribution in [3.05, 3.63) is 48.0 Å². The highest BCUT2D eigenvalue weighted by Crippen LogP contribution is 2.33. The fourth-order valence-electron chi connectivity index (χ4n) is 3.03. The molecule has 9 nitrogen and oxygen atoms in total. The number of nitrogens with one attached hydrogen (secondary N) is 1. The molecule has 3 heterocycles. The first-order chi connectivity index (χ1) is 14.2. The van der Waals surface area contributed by atoms with Crippen LogP contribution in [-0.4, -0.2) is 36.4 Å². The minimum atomic E-state index is -0.413. The normalized spacial score (nSPS) is 12.7. The lowest BCUT2D eigenvalue weighted by atomic mass is 10.2. The summed E-state index contributed by atoms with van der Waals surface area (Å²) in [6.45, 7) is 0.921. The third-order valence-corrected chi connectivity index (χ3v) is 4.39. The summed E-state index contributed by atoms with van der Waals surface area (Å²) in [4.78, 5) is 12.5. The van der Waals surface area contributed by atoms with Crippen LogP contribution < -0.4 is 19.5 Å². The number of furan rings is 1. The minimum absolute atomic E-state index is 0.0488. The zero-order valence-electron chi connectivity index (χ0n) is 15.3. The van der Waals surface area contributed by atoms with Gasteiger partial charge in [-0.15, -0.1) is 5.10 Å². The van der Waals surface area contributed by atoms with E-state index in [0.717, 1.165) is 5.39 Å². The van der Waals surface area contributed by atoms with Crippen LogP contribution in [-0.2, 0) is 0 Å². The van der Waals surface area contributed by atoms with Gasteiger partial charge in [0.2, 0.25) is 0 Å². The molecule has 4 aromatic rings. The number of rotatable bonds is 4. The van der Waals surface area contributed by atoms with E-state index in [1.165, 1.54) is 0 Å². The van der Waals surface area contributed by atoms with Gasteiger partial charge >= 0.3 is 6.01 Å². The van der Waals surface area contributed by atoms with Gasteiger partial charge in [0.25, 0.3) is 11.8 Å². The Labute approximate surface area is 164 Å². The zero-order valence-corrected chi connectivity index (χ0v) is 15.3. The number of methoxy groups -OCH3 is 1. The predicted molar refractivity (Wildman–Crippen MR) is 101 cm³/mol. The lowest BCUT2D eigenvalue weighted by Gasteiger charge is -2.18. The number of amides is 1. The molecule has 0 fully saturated rings.